The van der Waals surface area contributed by atoms with Crippen LogP contribution in [0.2, 0.25) is 0 Å². The first kappa shape index (κ1) is 14.1. The fourth-order valence-electron chi connectivity index (χ4n) is 2.46. The van der Waals surface area contributed by atoms with Crippen molar-refractivity contribution in [2.75, 3.05) is 7.05 Å². The third-order valence-corrected chi connectivity index (χ3v) is 4.44. The van der Waals surface area contributed by atoms with Crippen LogP contribution in [0.1, 0.15) is 17.2 Å². The highest BCUT2D eigenvalue weighted by molar-refractivity contribution is 7.17. The summed E-state index contributed by atoms with van der Waals surface area (Å²) in [6.45, 7) is 0. The standard InChI is InChI=1S/C16H12F3NS/c1-20-16(10-6-13(18)14(19)7-12(10)17)11-8-21-15-5-3-2-4-9(11)15/h2-8,16,20H,1H3. The lowest BCUT2D eigenvalue weighted by Gasteiger charge is -2.17. The van der Waals surface area contributed by atoms with E-state index < -0.39 is 23.5 Å². The van der Waals surface area contributed by atoms with Crippen LogP contribution in [-0.2, 0) is 0 Å². The number of rotatable bonds is 3. The molecule has 1 heterocycles. The maximum Gasteiger partial charge on any atom is 0.161 e. The number of fused-ring (bicyclic) bond motifs is 1. The SMILES string of the molecule is CNC(c1cc(F)c(F)cc1F)c1csc2ccccc12. The molecular formula is C16H12F3NS. The summed E-state index contributed by atoms with van der Waals surface area (Å²) >= 11 is 1.54. The summed E-state index contributed by atoms with van der Waals surface area (Å²) < 4.78 is 41.6. The van der Waals surface area contributed by atoms with E-state index in [0.29, 0.717) is 6.07 Å². The van der Waals surface area contributed by atoms with E-state index in [1.165, 1.54) is 11.3 Å². The number of hydrogen-bond acceptors (Lipinski definition) is 2. The first-order chi connectivity index (χ1) is 10.1. The molecule has 3 aromatic rings. The predicted octanol–water partition coefficient (Wildman–Crippen LogP) is 4.63. The van der Waals surface area contributed by atoms with E-state index in [4.69, 9.17) is 0 Å². The van der Waals surface area contributed by atoms with Gasteiger partial charge in [-0.3, -0.25) is 0 Å². The van der Waals surface area contributed by atoms with Gasteiger partial charge in [0.1, 0.15) is 5.82 Å². The van der Waals surface area contributed by atoms with Gasteiger partial charge in [0, 0.05) is 16.3 Å². The number of thiophene rings is 1. The van der Waals surface area contributed by atoms with E-state index in [0.717, 1.165) is 21.7 Å². The van der Waals surface area contributed by atoms with Gasteiger partial charge in [0.25, 0.3) is 0 Å². The highest BCUT2D eigenvalue weighted by Gasteiger charge is 2.21. The number of halogens is 3. The lowest BCUT2D eigenvalue weighted by atomic mass is 9.97. The average molecular weight is 307 g/mol. The minimum atomic E-state index is -1.18. The Kier molecular flexibility index (Phi) is 3.69. The van der Waals surface area contributed by atoms with Crippen molar-refractivity contribution in [2.24, 2.45) is 0 Å². The zero-order chi connectivity index (χ0) is 15.0. The zero-order valence-electron chi connectivity index (χ0n) is 11.2. The molecule has 0 aliphatic carbocycles. The summed E-state index contributed by atoms with van der Waals surface area (Å²) in [6, 6.07) is 8.70. The lowest BCUT2D eigenvalue weighted by Crippen LogP contribution is -2.19. The van der Waals surface area contributed by atoms with Gasteiger partial charge >= 0.3 is 0 Å². The molecule has 0 aliphatic rings. The fourth-order valence-corrected chi connectivity index (χ4v) is 3.45. The number of hydrogen-bond donors (Lipinski definition) is 1. The summed E-state index contributed by atoms with van der Waals surface area (Å²) in [7, 11) is 1.66. The van der Waals surface area contributed by atoms with E-state index in [1.54, 1.807) is 7.05 Å². The van der Waals surface area contributed by atoms with Crippen LogP contribution in [0.15, 0.2) is 41.8 Å². The van der Waals surface area contributed by atoms with Gasteiger partial charge in [0.15, 0.2) is 11.6 Å². The van der Waals surface area contributed by atoms with Gasteiger partial charge in [-0.05, 0) is 35.5 Å². The Morgan fingerprint density at radius 3 is 2.43 bits per heavy atom. The zero-order valence-corrected chi connectivity index (χ0v) is 12.0. The summed E-state index contributed by atoms with van der Waals surface area (Å²) in [5, 5.41) is 5.86. The molecule has 0 saturated carbocycles. The number of nitrogens with one attached hydrogen (secondary N) is 1. The highest BCUT2D eigenvalue weighted by Crippen LogP contribution is 2.34. The van der Waals surface area contributed by atoms with Crippen molar-refractivity contribution in [2.45, 2.75) is 6.04 Å². The van der Waals surface area contributed by atoms with Gasteiger partial charge in [0.2, 0.25) is 0 Å². The Morgan fingerprint density at radius 1 is 0.952 bits per heavy atom. The second-order valence-electron chi connectivity index (χ2n) is 4.70. The molecule has 0 amide bonds. The van der Waals surface area contributed by atoms with Crippen LogP contribution in [0.25, 0.3) is 10.1 Å². The van der Waals surface area contributed by atoms with Gasteiger partial charge in [-0.1, -0.05) is 18.2 Å². The summed E-state index contributed by atoms with van der Waals surface area (Å²) in [4.78, 5) is 0. The molecule has 1 nitrogen and oxygen atoms in total. The molecule has 0 saturated heterocycles. The van der Waals surface area contributed by atoms with Gasteiger partial charge in [-0.2, -0.15) is 0 Å². The van der Waals surface area contributed by atoms with E-state index in [2.05, 4.69) is 5.32 Å². The fraction of sp³-hybridized carbons (Fsp3) is 0.125. The molecule has 3 rings (SSSR count). The molecule has 108 valence electrons. The van der Waals surface area contributed by atoms with Gasteiger partial charge in [0.05, 0.1) is 6.04 Å². The van der Waals surface area contributed by atoms with Crippen LogP contribution in [0.3, 0.4) is 0 Å². The topological polar surface area (TPSA) is 12.0 Å². The van der Waals surface area contributed by atoms with Crippen LogP contribution >= 0.6 is 11.3 Å². The van der Waals surface area contributed by atoms with Crippen molar-refractivity contribution in [3.05, 3.63) is 70.4 Å². The van der Waals surface area contributed by atoms with Crippen molar-refractivity contribution in [3.63, 3.8) is 0 Å². The van der Waals surface area contributed by atoms with Gasteiger partial charge < -0.3 is 5.32 Å². The van der Waals surface area contributed by atoms with Crippen molar-refractivity contribution < 1.29 is 13.2 Å². The molecule has 1 N–H and O–H groups in total. The summed E-state index contributed by atoms with van der Waals surface area (Å²) in [5.74, 6) is -2.99. The second-order valence-corrected chi connectivity index (χ2v) is 5.61. The van der Waals surface area contributed by atoms with Crippen molar-refractivity contribution >= 4 is 21.4 Å². The lowest BCUT2D eigenvalue weighted by molar-refractivity contribution is 0.484. The Labute approximate surface area is 124 Å². The first-order valence-electron chi connectivity index (χ1n) is 6.39. The molecule has 0 aliphatic heterocycles. The number of benzene rings is 2. The monoisotopic (exact) mass is 307 g/mol. The van der Waals surface area contributed by atoms with Crippen LogP contribution in [0.4, 0.5) is 13.2 Å². The van der Waals surface area contributed by atoms with E-state index in [9.17, 15) is 13.2 Å². The normalized spacial score (nSPS) is 12.8. The van der Waals surface area contributed by atoms with Gasteiger partial charge in [-0.25, -0.2) is 13.2 Å². The Balaban J connectivity index is 2.17. The highest BCUT2D eigenvalue weighted by atomic mass is 32.1. The molecule has 2 aromatic carbocycles. The average Bonchev–Trinajstić information content (AvgIpc) is 2.89. The summed E-state index contributed by atoms with van der Waals surface area (Å²) in [6.07, 6.45) is 0. The summed E-state index contributed by atoms with van der Waals surface area (Å²) in [5.41, 5.74) is 0.947. The smallest absolute Gasteiger partial charge is 0.161 e. The van der Waals surface area contributed by atoms with Gasteiger partial charge in [-0.15, -0.1) is 11.3 Å². The van der Waals surface area contributed by atoms with Crippen LogP contribution in [0, 0.1) is 17.5 Å². The maximum atomic E-state index is 14.0. The predicted molar refractivity (Wildman–Crippen MR) is 79.0 cm³/mol. The first-order valence-corrected chi connectivity index (χ1v) is 7.27. The van der Waals surface area contributed by atoms with E-state index in [1.807, 2.05) is 29.6 Å². The Hall–Kier alpha value is -1.85. The second kappa shape index (κ2) is 5.50. The van der Waals surface area contributed by atoms with E-state index in [-0.39, 0.29) is 5.56 Å². The van der Waals surface area contributed by atoms with Crippen molar-refractivity contribution in [3.8, 4) is 0 Å². The molecular weight excluding hydrogens is 295 g/mol. The Bertz CT molecular complexity index is 797. The third-order valence-electron chi connectivity index (χ3n) is 3.46. The van der Waals surface area contributed by atoms with Crippen LogP contribution in [0.5, 0.6) is 0 Å². The molecule has 5 heteroatoms. The molecule has 21 heavy (non-hydrogen) atoms. The molecule has 1 unspecified atom stereocenters. The third kappa shape index (κ3) is 2.43. The molecule has 0 radical (unpaired) electrons. The van der Waals surface area contributed by atoms with E-state index >= 15 is 0 Å². The molecule has 1 atom stereocenters. The largest absolute Gasteiger partial charge is 0.309 e. The molecule has 0 bridgehead atoms. The van der Waals surface area contributed by atoms with Crippen molar-refractivity contribution in [1.29, 1.82) is 0 Å². The van der Waals surface area contributed by atoms with Crippen LogP contribution < -0.4 is 5.32 Å². The molecule has 1 aromatic heterocycles. The molecule has 0 fully saturated rings. The Morgan fingerprint density at radius 2 is 1.67 bits per heavy atom. The molecule has 0 spiro atoms. The maximum absolute atomic E-state index is 14.0. The van der Waals surface area contributed by atoms with Crippen molar-refractivity contribution in [1.82, 2.24) is 5.32 Å². The van der Waals surface area contributed by atoms with Crippen LogP contribution in [-0.4, -0.2) is 7.05 Å². The quantitative estimate of drug-likeness (QED) is 0.696. The minimum Gasteiger partial charge on any atom is -0.309 e. The minimum absolute atomic E-state index is 0.0972.